The first kappa shape index (κ1) is 18.1. The summed E-state index contributed by atoms with van der Waals surface area (Å²) in [5, 5.41) is 0. The lowest BCUT2D eigenvalue weighted by atomic mass is 9.98. The van der Waals surface area contributed by atoms with E-state index in [1.54, 1.807) is 12.4 Å². The highest BCUT2D eigenvalue weighted by Gasteiger charge is 2.23. The van der Waals surface area contributed by atoms with E-state index in [1.807, 2.05) is 60.4 Å². The molecule has 0 atom stereocenters. The molecule has 1 aliphatic heterocycles. The highest BCUT2D eigenvalue weighted by molar-refractivity contribution is 5.98. The van der Waals surface area contributed by atoms with Gasteiger partial charge in [0.25, 0.3) is 0 Å². The van der Waals surface area contributed by atoms with Crippen molar-refractivity contribution < 1.29 is 9.59 Å². The van der Waals surface area contributed by atoms with E-state index in [9.17, 15) is 9.59 Å². The molecule has 0 saturated heterocycles. The summed E-state index contributed by atoms with van der Waals surface area (Å²) in [6, 6.07) is 17.7. The number of pyridine rings is 1. The lowest BCUT2D eigenvalue weighted by Gasteiger charge is -2.16. The molecule has 0 spiro atoms. The Hall–Kier alpha value is -3.27. The van der Waals surface area contributed by atoms with Gasteiger partial charge in [0.05, 0.1) is 0 Å². The van der Waals surface area contributed by atoms with E-state index in [-0.39, 0.29) is 11.7 Å². The number of amides is 1. The van der Waals surface area contributed by atoms with Gasteiger partial charge in [-0.05, 0) is 46.9 Å². The predicted molar refractivity (Wildman–Crippen MR) is 110 cm³/mol. The van der Waals surface area contributed by atoms with Crippen LogP contribution in [0.2, 0.25) is 0 Å². The number of ketones is 1. The number of anilines is 1. The summed E-state index contributed by atoms with van der Waals surface area (Å²) in [5.74, 6) is 0.255. The first-order valence-electron chi connectivity index (χ1n) is 9.61. The molecule has 1 amide bonds. The van der Waals surface area contributed by atoms with Crippen molar-refractivity contribution in [3.05, 3.63) is 83.7 Å². The number of hydrogen-bond acceptors (Lipinski definition) is 3. The van der Waals surface area contributed by atoms with Gasteiger partial charge in [0, 0.05) is 43.0 Å². The zero-order valence-electron chi connectivity index (χ0n) is 15.9. The molecule has 0 aliphatic carbocycles. The molecule has 4 rings (SSSR count). The first-order valence-corrected chi connectivity index (χ1v) is 9.61. The summed E-state index contributed by atoms with van der Waals surface area (Å²) >= 11 is 0. The second kappa shape index (κ2) is 7.77. The minimum atomic E-state index is 0.0854. The molecule has 3 aromatic rings. The SMILES string of the molecule is CCC(=O)N1CCc2cc(-c3ccc(C(=O)Cc4cccnc4)cc3)ccc21. The van der Waals surface area contributed by atoms with E-state index in [0.29, 0.717) is 18.4 Å². The molecule has 4 heteroatoms. The fourth-order valence-electron chi connectivity index (χ4n) is 3.67. The summed E-state index contributed by atoms with van der Waals surface area (Å²) in [7, 11) is 0. The minimum Gasteiger partial charge on any atom is -0.312 e. The molecule has 1 aliphatic rings. The number of carbonyl (C=O) groups is 2. The van der Waals surface area contributed by atoms with Gasteiger partial charge in [-0.15, -0.1) is 0 Å². The zero-order valence-corrected chi connectivity index (χ0v) is 15.9. The van der Waals surface area contributed by atoms with Gasteiger partial charge in [0.15, 0.2) is 5.78 Å². The first-order chi connectivity index (χ1) is 13.7. The summed E-state index contributed by atoms with van der Waals surface area (Å²) in [4.78, 5) is 30.5. The summed E-state index contributed by atoms with van der Waals surface area (Å²) in [5.41, 5.74) is 6.03. The van der Waals surface area contributed by atoms with Gasteiger partial charge in [-0.3, -0.25) is 14.6 Å². The second-order valence-electron chi connectivity index (χ2n) is 7.03. The van der Waals surface area contributed by atoms with Gasteiger partial charge in [-0.25, -0.2) is 0 Å². The van der Waals surface area contributed by atoms with Gasteiger partial charge < -0.3 is 4.90 Å². The van der Waals surface area contributed by atoms with Crippen molar-refractivity contribution in [2.45, 2.75) is 26.2 Å². The Kier molecular flexibility index (Phi) is 5.02. The van der Waals surface area contributed by atoms with E-state index < -0.39 is 0 Å². The molecule has 0 radical (unpaired) electrons. The lowest BCUT2D eigenvalue weighted by molar-refractivity contribution is -0.118. The summed E-state index contributed by atoms with van der Waals surface area (Å²) in [6.07, 6.45) is 5.19. The van der Waals surface area contributed by atoms with E-state index >= 15 is 0 Å². The molecule has 4 nitrogen and oxygen atoms in total. The maximum absolute atomic E-state index is 12.5. The third-order valence-electron chi connectivity index (χ3n) is 5.21. The Morgan fingerprint density at radius 3 is 2.54 bits per heavy atom. The molecule has 0 unspecified atom stereocenters. The van der Waals surface area contributed by atoms with E-state index in [2.05, 4.69) is 11.1 Å². The summed E-state index contributed by atoms with van der Waals surface area (Å²) < 4.78 is 0. The minimum absolute atomic E-state index is 0.0854. The molecule has 2 heterocycles. The normalized spacial score (nSPS) is 12.7. The van der Waals surface area contributed by atoms with Crippen LogP contribution in [0.25, 0.3) is 11.1 Å². The van der Waals surface area contributed by atoms with Crippen molar-refractivity contribution in [3.63, 3.8) is 0 Å². The number of benzene rings is 2. The molecule has 28 heavy (non-hydrogen) atoms. The fraction of sp³-hybridized carbons (Fsp3) is 0.208. The zero-order chi connectivity index (χ0) is 19.5. The Morgan fingerprint density at radius 2 is 1.82 bits per heavy atom. The van der Waals surface area contributed by atoms with Gasteiger partial charge in [-0.2, -0.15) is 0 Å². The van der Waals surface area contributed by atoms with Crippen molar-refractivity contribution in [1.82, 2.24) is 4.98 Å². The van der Waals surface area contributed by atoms with Crippen LogP contribution in [-0.4, -0.2) is 23.2 Å². The Bertz CT molecular complexity index is 1010. The van der Waals surface area contributed by atoms with Crippen molar-refractivity contribution in [1.29, 1.82) is 0 Å². The van der Waals surface area contributed by atoms with E-state index in [4.69, 9.17) is 0 Å². The van der Waals surface area contributed by atoms with Crippen LogP contribution in [0.3, 0.4) is 0 Å². The van der Waals surface area contributed by atoms with E-state index in [1.165, 1.54) is 5.56 Å². The molecule has 1 aromatic heterocycles. The molecular formula is C24H22N2O2. The third kappa shape index (κ3) is 3.58. The highest BCUT2D eigenvalue weighted by atomic mass is 16.2. The maximum atomic E-state index is 12.5. The molecule has 0 N–H and O–H groups in total. The number of hydrogen-bond donors (Lipinski definition) is 0. The number of nitrogens with zero attached hydrogens (tertiary/aromatic N) is 2. The summed E-state index contributed by atoms with van der Waals surface area (Å²) in [6.45, 7) is 2.65. The Morgan fingerprint density at radius 1 is 1.04 bits per heavy atom. The van der Waals surface area contributed by atoms with Crippen molar-refractivity contribution in [2.75, 3.05) is 11.4 Å². The predicted octanol–water partition coefficient (Wildman–Crippen LogP) is 4.47. The number of Topliss-reactive ketones (excluding diaryl/α,β-unsaturated/α-hetero) is 1. The molecule has 0 fully saturated rings. The van der Waals surface area contributed by atoms with E-state index in [0.717, 1.165) is 35.3 Å². The standard InChI is InChI=1S/C24H22N2O2/c1-2-24(28)26-13-11-21-15-20(9-10-22(21)26)18-5-7-19(8-6-18)23(27)14-17-4-3-12-25-16-17/h3-10,12,15-16H,2,11,13-14H2,1H3. The number of aromatic nitrogens is 1. The fourth-order valence-corrected chi connectivity index (χ4v) is 3.67. The van der Waals surface area contributed by atoms with Crippen LogP contribution in [0, 0.1) is 0 Å². The maximum Gasteiger partial charge on any atom is 0.226 e. The number of carbonyl (C=O) groups excluding carboxylic acids is 2. The van der Waals surface area contributed by atoms with Crippen molar-refractivity contribution >= 4 is 17.4 Å². The number of rotatable bonds is 5. The van der Waals surface area contributed by atoms with Gasteiger partial charge in [-0.1, -0.05) is 43.3 Å². The average molecular weight is 370 g/mol. The van der Waals surface area contributed by atoms with Crippen LogP contribution in [-0.2, 0) is 17.6 Å². The average Bonchev–Trinajstić information content (AvgIpc) is 3.17. The molecular weight excluding hydrogens is 348 g/mol. The molecule has 0 saturated carbocycles. The van der Waals surface area contributed by atoms with Gasteiger partial charge in [0.1, 0.15) is 0 Å². The van der Waals surface area contributed by atoms with Crippen LogP contribution in [0.5, 0.6) is 0 Å². The van der Waals surface area contributed by atoms with Crippen LogP contribution in [0.4, 0.5) is 5.69 Å². The van der Waals surface area contributed by atoms with Crippen molar-refractivity contribution in [3.8, 4) is 11.1 Å². The monoisotopic (exact) mass is 370 g/mol. The van der Waals surface area contributed by atoms with Crippen LogP contribution >= 0.6 is 0 Å². The third-order valence-corrected chi connectivity index (χ3v) is 5.21. The topological polar surface area (TPSA) is 50.3 Å². The Labute approximate surface area is 164 Å². The molecule has 2 aromatic carbocycles. The highest BCUT2D eigenvalue weighted by Crippen LogP contribution is 2.32. The van der Waals surface area contributed by atoms with Crippen LogP contribution in [0.1, 0.15) is 34.8 Å². The van der Waals surface area contributed by atoms with Crippen molar-refractivity contribution in [2.24, 2.45) is 0 Å². The molecule has 0 bridgehead atoms. The van der Waals surface area contributed by atoms with Gasteiger partial charge in [0.2, 0.25) is 5.91 Å². The van der Waals surface area contributed by atoms with Gasteiger partial charge >= 0.3 is 0 Å². The second-order valence-corrected chi connectivity index (χ2v) is 7.03. The smallest absolute Gasteiger partial charge is 0.226 e. The largest absolute Gasteiger partial charge is 0.312 e. The molecule has 140 valence electrons. The van der Waals surface area contributed by atoms with Crippen LogP contribution < -0.4 is 4.90 Å². The lowest BCUT2D eigenvalue weighted by Crippen LogP contribution is -2.27. The van der Waals surface area contributed by atoms with Crippen LogP contribution in [0.15, 0.2) is 67.0 Å². The Balaban J connectivity index is 1.52. The quantitative estimate of drug-likeness (QED) is 0.623. The number of fused-ring (bicyclic) bond motifs is 1.